The van der Waals surface area contributed by atoms with Crippen LogP contribution in [0.25, 0.3) is 0 Å². The minimum absolute atomic E-state index is 0.0186. The Morgan fingerprint density at radius 3 is 2.64 bits per heavy atom. The van der Waals surface area contributed by atoms with Gasteiger partial charge in [-0.3, -0.25) is 14.6 Å². The number of aromatic nitrogens is 1. The van der Waals surface area contributed by atoms with Crippen LogP contribution in [0.4, 0.5) is 4.79 Å². The summed E-state index contributed by atoms with van der Waals surface area (Å²) in [5, 5.41) is 2.65. The van der Waals surface area contributed by atoms with Crippen molar-refractivity contribution in [1.29, 1.82) is 0 Å². The molecule has 1 aliphatic carbocycles. The molecule has 6 heteroatoms. The van der Waals surface area contributed by atoms with Crippen molar-refractivity contribution in [1.82, 2.24) is 10.3 Å². The molecule has 118 valence electrons. The lowest BCUT2D eigenvalue weighted by molar-refractivity contribution is -0.121. The van der Waals surface area contributed by atoms with Crippen LogP contribution in [0.5, 0.6) is 0 Å². The zero-order valence-corrected chi connectivity index (χ0v) is 13.0. The number of alkyl carbamates (subject to hydrolysis) is 1. The summed E-state index contributed by atoms with van der Waals surface area (Å²) in [6.07, 6.45) is 2.79. The van der Waals surface area contributed by atoms with E-state index in [2.05, 4.69) is 10.3 Å². The lowest BCUT2D eigenvalue weighted by Gasteiger charge is -2.22. The van der Waals surface area contributed by atoms with Gasteiger partial charge in [-0.05, 0) is 45.7 Å². The topological polar surface area (TPSA) is 85.4 Å². The first kappa shape index (κ1) is 16.1. The fraction of sp³-hybridized carbons (Fsp3) is 0.500. The number of nitrogens with one attached hydrogen (secondary N) is 1. The first-order chi connectivity index (χ1) is 10.3. The van der Waals surface area contributed by atoms with Crippen molar-refractivity contribution in [3.63, 3.8) is 0 Å². The predicted octanol–water partition coefficient (Wildman–Crippen LogP) is 2.06. The third-order valence-corrected chi connectivity index (χ3v) is 3.40. The van der Waals surface area contributed by atoms with Gasteiger partial charge in [-0.15, -0.1) is 0 Å². The van der Waals surface area contributed by atoms with Crippen molar-refractivity contribution in [3.05, 3.63) is 29.6 Å². The van der Waals surface area contributed by atoms with Crippen LogP contribution in [0.3, 0.4) is 0 Å². The molecule has 6 nitrogen and oxygen atoms in total. The van der Waals surface area contributed by atoms with E-state index in [4.69, 9.17) is 4.74 Å². The van der Waals surface area contributed by atoms with E-state index in [1.165, 1.54) is 6.20 Å². The maximum atomic E-state index is 12.4. The molecule has 22 heavy (non-hydrogen) atoms. The highest BCUT2D eigenvalue weighted by molar-refractivity contribution is 5.96. The third kappa shape index (κ3) is 3.90. The molecule has 0 aliphatic heterocycles. The quantitative estimate of drug-likeness (QED) is 0.842. The lowest BCUT2D eigenvalue weighted by Crippen LogP contribution is -2.46. The number of Topliss-reactive ketones (excluding diaryl/α,β-unsaturated/α-hetero) is 1. The van der Waals surface area contributed by atoms with Gasteiger partial charge < -0.3 is 10.1 Å². The second kappa shape index (κ2) is 5.87. The highest BCUT2D eigenvalue weighted by Gasteiger charge is 2.51. The smallest absolute Gasteiger partial charge is 0.408 e. The zero-order valence-electron chi connectivity index (χ0n) is 13.0. The maximum absolute atomic E-state index is 12.4. The van der Waals surface area contributed by atoms with Crippen LogP contribution in [-0.4, -0.2) is 34.3 Å². The van der Waals surface area contributed by atoms with E-state index in [1.807, 2.05) is 0 Å². The number of aldehydes is 1. The molecule has 1 heterocycles. The number of nitrogens with zero attached hydrogens (tertiary/aromatic N) is 1. The summed E-state index contributed by atoms with van der Waals surface area (Å²) in [4.78, 5) is 39.3. The van der Waals surface area contributed by atoms with Crippen molar-refractivity contribution in [2.75, 3.05) is 0 Å². The third-order valence-electron chi connectivity index (χ3n) is 3.40. The molecular formula is C16H20N2O4. The molecule has 0 radical (unpaired) electrons. The monoisotopic (exact) mass is 304 g/mol. The molecule has 2 rings (SSSR count). The average Bonchev–Trinajstić information content (AvgIpc) is 3.18. The summed E-state index contributed by atoms with van der Waals surface area (Å²) >= 11 is 0. The minimum atomic E-state index is -0.875. The van der Waals surface area contributed by atoms with Crippen LogP contribution in [0, 0.1) is 0 Å². The van der Waals surface area contributed by atoms with Gasteiger partial charge in [0, 0.05) is 11.8 Å². The van der Waals surface area contributed by atoms with E-state index in [0.717, 1.165) is 0 Å². The van der Waals surface area contributed by atoms with Crippen molar-refractivity contribution >= 4 is 18.2 Å². The summed E-state index contributed by atoms with van der Waals surface area (Å²) in [6, 6.07) is 3.26. The first-order valence-corrected chi connectivity index (χ1v) is 7.19. The van der Waals surface area contributed by atoms with Gasteiger partial charge in [-0.1, -0.05) is 0 Å². The maximum Gasteiger partial charge on any atom is 0.408 e. The Labute approximate surface area is 129 Å². The highest BCUT2D eigenvalue weighted by Crippen LogP contribution is 2.37. The molecule has 0 aromatic carbocycles. The van der Waals surface area contributed by atoms with Gasteiger partial charge in [-0.25, -0.2) is 4.79 Å². The zero-order chi connectivity index (χ0) is 16.4. The molecule has 1 fully saturated rings. The number of hydrogen-bond donors (Lipinski definition) is 1. The predicted molar refractivity (Wildman–Crippen MR) is 79.7 cm³/mol. The first-order valence-electron chi connectivity index (χ1n) is 7.19. The number of hydrogen-bond acceptors (Lipinski definition) is 5. The number of ketones is 1. The van der Waals surface area contributed by atoms with Crippen LogP contribution in [0.15, 0.2) is 18.3 Å². The van der Waals surface area contributed by atoms with Crippen molar-refractivity contribution < 1.29 is 19.1 Å². The van der Waals surface area contributed by atoms with Gasteiger partial charge in [0.2, 0.25) is 0 Å². The Morgan fingerprint density at radius 1 is 1.41 bits per heavy atom. The Hall–Kier alpha value is -2.24. The van der Waals surface area contributed by atoms with E-state index < -0.39 is 17.2 Å². The van der Waals surface area contributed by atoms with E-state index in [1.54, 1.807) is 32.9 Å². The molecular weight excluding hydrogens is 284 g/mol. The standard InChI is InChI=1S/C16H20N2O4/c1-15(2,3)22-14(21)18-16(6-7-16)13(20)9-12-11(10-19)5-4-8-17-12/h4-5,8,10H,6-7,9H2,1-3H3,(H,18,21). The second-order valence-corrected chi connectivity index (χ2v) is 6.47. The molecule has 1 aromatic heterocycles. The molecule has 1 amide bonds. The second-order valence-electron chi connectivity index (χ2n) is 6.47. The van der Waals surface area contributed by atoms with Crippen LogP contribution < -0.4 is 5.32 Å². The normalized spacial score (nSPS) is 15.8. The van der Waals surface area contributed by atoms with Gasteiger partial charge in [0.05, 0.1) is 12.1 Å². The van der Waals surface area contributed by atoms with Crippen LogP contribution in [0.2, 0.25) is 0 Å². The van der Waals surface area contributed by atoms with E-state index in [9.17, 15) is 14.4 Å². The number of carbonyl (C=O) groups excluding carboxylic acids is 3. The molecule has 0 unspecified atom stereocenters. The molecule has 1 saturated carbocycles. The van der Waals surface area contributed by atoms with Crippen molar-refractivity contribution in [2.24, 2.45) is 0 Å². The summed E-state index contributed by atoms with van der Waals surface area (Å²) in [6.45, 7) is 5.29. The largest absolute Gasteiger partial charge is 0.444 e. The van der Waals surface area contributed by atoms with E-state index in [-0.39, 0.29) is 12.2 Å². The van der Waals surface area contributed by atoms with Crippen molar-refractivity contribution in [2.45, 2.75) is 51.2 Å². The minimum Gasteiger partial charge on any atom is -0.444 e. The summed E-state index contributed by atoms with van der Waals surface area (Å²) < 4.78 is 5.18. The van der Waals surface area contributed by atoms with Gasteiger partial charge in [0.15, 0.2) is 12.1 Å². The van der Waals surface area contributed by atoms with E-state index in [0.29, 0.717) is 30.4 Å². The fourth-order valence-corrected chi connectivity index (χ4v) is 2.12. The van der Waals surface area contributed by atoms with Gasteiger partial charge in [-0.2, -0.15) is 0 Å². The molecule has 0 atom stereocenters. The summed E-state index contributed by atoms with van der Waals surface area (Å²) in [5.74, 6) is -0.153. The SMILES string of the molecule is CC(C)(C)OC(=O)NC1(C(=O)Cc2ncccc2C=O)CC1. The Bertz CT molecular complexity index is 600. The Kier molecular flexibility index (Phi) is 4.30. The molecule has 1 N–H and O–H groups in total. The highest BCUT2D eigenvalue weighted by atomic mass is 16.6. The summed E-state index contributed by atoms with van der Waals surface area (Å²) in [7, 11) is 0. The number of carbonyl (C=O) groups is 3. The Balaban J connectivity index is 2.03. The summed E-state index contributed by atoms with van der Waals surface area (Å²) in [5.41, 5.74) is -0.668. The van der Waals surface area contributed by atoms with Gasteiger partial charge in [0.25, 0.3) is 0 Å². The van der Waals surface area contributed by atoms with Crippen LogP contribution in [0.1, 0.15) is 49.7 Å². The van der Waals surface area contributed by atoms with Crippen LogP contribution >= 0.6 is 0 Å². The molecule has 0 bridgehead atoms. The number of rotatable bonds is 5. The average molecular weight is 304 g/mol. The fourth-order valence-electron chi connectivity index (χ4n) is 2.12. The van der Waals surface area contributed by atoms with E-state index >= 15 is 0 Å². The van der Waals surface area contributed by atoms with Crippen LogP contribution in [-0.2, 0) is 16.0 Å². The lowest BCUT2D eigenvalue weighted by atomic mass is 10.0. The van der Waals surface area contributed by atoms with Crippen molar-refractivity contribution in [3.8, 4) is 0 Å². The molecule has 0 saturated heterocycles. The number of pyridine rings is 1. The molecule has 0 spiro atoms. The van der Waals surface area contributed by atoms with Gasteiger partial charge >= 0.3 is 6.09 Å². The number of ether oxygens (including phenoxy) is 1. The van der Waals surface area contributed by atoms with Gasteiger partial charge in [0.1, 0.15) is 11.1 Å². The molecule has 1 aromatic rings. The Morgan fingerprint density at radius 2 is 2.09 bits per heavy atom. The molecule has 1 aliphatic rings. The number of amides is 1.